The van der Waals surface area contributed by atoms with Gasteiger partial charge in [-0.25, -0.2) is 9.48 Å². The summed E-state index contributed by atoms with van der Waals surface area (Å²) in [5, 5.41) is 9.84. The molecular formula is C21H21N3O2S. The van der Waals surface area contributed by atoms with Crippen molar-refractivity contribution < 1.29 is 9.53 Å². The Hall–Kier alpha value is -2.86. The van der Waals surface area contributed by atoms with E-state index in [-0.39, 0.29) is 12.0 Å². The lowest BCUT2D eigenvalue weighted by molar-refractivity contribution is -0.139. The highest BCUT2D eigenvalue weighted by molar-refractivity contribution is 7.10. The minimum atomic E-state index is -0.300. The van der Waals surface area contributed by atoms with Gasteiger partial charge in [0.25, 0.3) is 0 Å². The molecule has 0 saturated heterocycles. The number of hydrogen-bond donors (Lipinski definition) is 1. The number of carbonyl (C=O) groups is 1. The normalized spacial score (nSPS) is 16.0. The zero-order valence-electron chi connectivity index (χ0n) is 15.3. The second kappa shape index (κ2) is 7.40. The van der Waals surface area contributed by atoms with Crippen LogP contribution in [0.1, 0.15) is 35.9 Å². The standard InChI is InChI=1S/C21H21N3O2S/c1-3-26-21(25)19-14(2)23-18-9-11-22-24(18)20(19)16-10-12-27-17(16)13-15-7-5-4-6-8-15/h4-12,20,23H,3,13H2,1-2H3. The number of allylic oxidation sites excluding steroid dienone is 1. The number of esters is 1. The third-order valence-corrected chi connectivity index (χ3v) is 5.62. The summed E-state index contributed by atoms with van der Waals surface area (Å²) in [4.78, 5) is 14.0. The first-order chi connectivity index (χ1) is 13.2. The number of thiophene rings is 1. The quantitative estimate of drug-likeness (QED) is 0.668. The SMILES string of the molecule is CCOC(=O)C1=C(C)Nc2ccnn2C1c1ccsc1Cc1ccccc1. The highest BCUT2D eigenvalue weighted by Crippen LogP contribution is 2.39. The molecule has 1 aliphatic heterocycles. The minimum absolute atomic E-state index is 0.291. The smallest absolute Gasteiger partial charge is 0.338 e. The number of fused-ring (bicyclic) bond motifs is 1. The van der Waals surface area contributed by atoms with Crippen LogP contribution in [0.3, 0.4) is 0 Å². The maximum absolute atomic E-state index is 12.8. The van der Waals surface area contributed by atoms with Crippen LogP contribution in [0.4, 0.5) is 5.82 Å². The van der Waals surface area contributed by atoms with Crippen molar-refractivity contribution in [2.45, 2.75) is 26.3 Å². The largest absolute Gasteiger partial charge is 0.463 e. The van der Waals surface area contributed by atoms with Crippen LogP contribution in [0, 0.1) is 0 Å². The molecule has 0 spiro atoms. The van der Waals surface area contributed by atoms with Gasteiger partial charge in [-0.3, -0.25) is 0 Å². The van der Waals surface area contributed by atoms with Crippen molar-refractivity contribution in [2.75, 3.05) is 11.9 Å². The number of benzene rings is 1. The van der Waals surface area contributed by atoms with E-state index in [2.05, 4.69) is 34.0 Å². The molecular weight excluding hydrogens is 358 g/mol. The summed E-state index contributed by atoms with van der Waals surface area (Å²) < 4.78 is 7.23. The molecule has 0 amide bonds. The number of anilines is 1. The van der Waals surface area contributed by atoms with Crippen LogP contribution in [-0.2, 0) is 16.0 Å². The summed E-state index contributed by atoms with van der Waals surface area (Å²) in [6.07, 6.45) is 2.57. The van der Waals surface area contributed by atoms with E-state index < -0.39 is 0 Å². The lowest BCUT2D eigenvalue weighted by Gasteiger charge is -2.29. The maximum atomic E-state index is 12.8. The number of hydrogen-bond acceptors (Lipinski definition) is 5. The van der Waals surface area contributed by atoms with Gasteiger partial charge in [0.1, 0.15) is 11.9 Å². The fourth-order valence-corrected chi connectivity index (χ4v) is 4.43. The summed E-state index contributed by atoms with van der Waals surface area (Å²) in [5.41, 5.74) is 3.76. The number of ether oxygens (including phenoxy) is 1. The molecule has 1 N–H and O–H groups in total. The Morgan fingerprint density at radius 1 is 1.26 bits per heavy atom. The van der Waals surface area contributed by atoms with Crippen LogP contribution in [0.5, 0.6) is 0 Å². The number of carbonyl (C=O) groups excluding carboxylic acids is 1. The number of rotatable bonds is 5. The lowest BCUT2D eigenvalue weighted by Crippen LogP contribution is -2.29. The Kier molecular flexibility index (Phi) is 4.81. The topological polar surface area (TPSA) is 56.1 Å². The molecule has 4 rings (SSSR count). The first-order valence-corrected chi connectivity index (χ1v) is 9.85. The molecule has 0 radical (unpaired) electrons. The van der Waals surface area contributed by atoms with Crippen LogP contribution < -0.4 is 5.32 Å². The first kappa shape index (κ1) is 17.5. The Bertz CT molecular complexity index is 988. The van der Waals surface area contributed by atoms with Crippen molar-refractivity contribution in [1.82, 2.24) is 9.78 Å². The van der Waals surface area contributed by atoms with Gasteiger partial charge >= 0.3 is 5.97 Å². The zero-order valence-corrected chi connectivity index (χ0v) is 16.1. The Morgan fingerprint density at radius 3 is 2.85 bits per heavy atom. The van der Waals surface area contributed by atoms with Gasteiger partial charge in [-0.2, -0.15) is 5.10 Å². The fraction of sp³-hybridized carbons (Fsp3) is 0.238. The van der Waals surface area contributed by atoms with E-state index in [1.54, 1.807) is 17.5 Å². The lowest BCUT2D eigenvalue weighted by atomic mass is 9.94. The van der Waals surface area contributed by atoms with Crippen molar-refractivity contribution in [3.8, 4) is 0 Å². The highest BCUT2D eigenvalue weighted by Gasteiger charge is 2.35. The Balaban J connectivity index is 1.79. The van der Waals surface area contributed by atoms with Gasteiger partial charge < -0.3 is 10.1 Å². The molecule has 5 nitrogen and oxygen atoms in total. The van der Waals surface area contributed by atoms with Crippen molar-refractivity contribution in [3.05, 3.63) is 81.3 Å². The molecule has 27 heavy (non-hydrogen) atoms. The minimum Gasteiger partial charge on any atom is -0.463 e. The third kappa shape index (κ3) is 3.28. The van der Waals surface area contributed by atoms with E-state index in [0.717, 1.165) is 23.5 Å². The molecule has 0 bridgehead atoms. The number of nitrogens with zero attached hydrogens (tertiary/aromatic N) is 2. The monoisotopic (exact) mass is 379 g/mol. The Labute approximate surface area is 162 Å². The van der Waals surface area contributed by atoms with Crippen molar-refractivity contribution in [2.24, 2.45) is 0 Å². The van der Waals surface area contributed by atoms with E-state index in [0.29, 0.717) is 12.2 Å². The number of aromatic nitrogens is 2. The zero-order chi connectivity index (χ0) is 18.8. The van der Waals surface area contributed by atoms with Gasteiger partial charge in [-0.15, -0.1) is 11.3 Å². The molecule has 1 unspecified atom stereocenters. The van der Waals surface area contributed by atoms with E-state index >= 15 is 0 Å². The van der Waals surface area contributed by atoms with Crippen molar-refractivity contribution >= 4 is 23.1 Å². The second-order valence-corrected chi connectivity index (χ2v) is 7.41. The molecule has 1 atom stereocenters. The molecule has 0 aliphatic carbocycles. The predicted molar refractivity (Wildman–Crippen MR) is 107 cm³/mol. The van der Waals surface area contributed by atoms with Crippen LogP contribution in [0.25, 0.3) is 0 Å². The summed E-state index contributed by atoms with van der Waals surface area (Å²) in [6, 6.07) is 14.1. The molecule has 138 valence electrons. The third-order valence-electron chi connectivity index (χ3n) is 4.69. The summed E-state index contributed by atoms with van der Waals surface area (Å²) in [6.45, 7) is 4.08. The fourth-order valence-electron chi connectivity index (χ4n) is 3.49. The van der Waals surface area contributed by atoms with Gasteiger partial charge in [0.05, 0.1) is 18.4 Å². The van der Waals surface area contributed by atoms with Gasteiger partial charge in [-0.05, 0) is 36.4 Å². The predicted octanol–water partition coefficient (Wildman–Crippen LogP) is 4.39. The van der Waals surface area contributed by atoms with Crippen LogP contribution in [0.15, 0.2) is 65.3 Å². The average Bonchev–Trinajstić information content (AvgIpc) is 3.30. The van der Waals surface area contributed by atoms with Gasteiger partial charge in [0.15, 0.2) is 0 Å². The van der Waals surface area contributed by atoms with Gasteiger partial charge in [0.2, 0.25) is 0 Å². The molecule has 2 aromatic heterocycles. The van der Waals surface area contributed by atoms with Crippen molar-refractivity contribution in [3.63, 3.8) is 0 Å². The summed E-state index contributed by atoms with van der Waals surface area (Å²) in [7, 11) is 0. The first-order valence-electron chi connectivity index (χ1n) is 8.97. The molecule has 3 heterocycles. The van der Waals surface area contributed by atoms with E-state index in [4.69, 9.17) is 4.74 Å². The Morgan fingerprint density at radius 2 is 2.07 bits per heavy atom. The summed E-state index contributed by atoms with van der Waals surface area (Å²) in [5.74, 6) is 0.577. The summed E-state index contributed by atoms with van der Waals surface area (Å²) >= 11 is 1.71. The van der Waals surface area contributed by atoms with E-state index in [9.17, 15) is 4.79 Å². The molecule has 0 saturated carbocycles. The molecule has 1 aliphatic rings. The highest BCUT2D eigenvalue weighted by atomic mass is 32.1. The molecule has 3 aromatic rings. The molecule has 6 heteroatoms. The van der Waals surface area contributed by atoms with Crippen molar-refractivity contribution in [1.29, 1.82) is 0 Å². The number of nitrogens with one attached hydrogen (secondary N) is 1. The van der Waals surface area contributed by atoms with Gasteiger partial charge in [0, 0.05) is 23.1 Å². The molecule has 1 aromatic carbocycles. The molecule has 0 fully saturated rings. The van der Waals surface area contributed by atoms with Crippen LogP contribution in [0.2, 0.25) is 0 Å². The maximum Gasteiger partial charge on any atom is 0.338 e. The van der Waals surface area contributed by atoms with Crippen LogP contribution >= 0.6 is 11.3 Å². The van der Waals surface area contributed by atoms with Crippen LogP contribution in [-0.4, -0.2) is 22.4 Å². The van der Waals surface area contributed by atoms with E-state index in [1.165, 1.54) is 10.4 Å². The van der Waals surface area contributed by atoms with E-state index in [1.807, 2.05) is 42.8 Å². The van der Waals surface area contributed by atoms with Gasteiger partial charge in [-0.1, -0.05) is 30.3 Å². The average molecular weight is 379 g/mol. The second-order valence-electron chi connectivity index (χ2n) is 6.41.